The van der Waals surface area contributed by atoms with Crippen molar-refractivity contribution >= 4 is 57.8 Å². The second-order valence-electron chi connectivity index (χ2n) is 9.14. The van der Waals surface area contributed by atoms with E-state index >= 15 is 0 Å². The van der Waals surface area contributed by atoms with Gasteiger partial charge in [0.1, 0.15) is 22.2 Å². The van der Waals surface area contributed by atoms with Gasteiger partial charge in [0.15, 0.2) is 5.65 Å². The van der Waals surface area contributed by atoms with Crippen LogP contribution in [0, 0.1) is 5.41 Å². The van der Waals surface area contributed by atoms with Gasteiger partial charge in [-0.05, 0) is 60.1 Å². The molecule has 7 nitrogen and oxygen atoms in total. The minimum absolute atomic E-state index is 0.0189. The summed E-state index contributed by atoms with van der Waals surface area (Å²) in [5.74, 6) is 1.16. The second-order valence-corrected chi connectivity index (χ2v) is 11.0. The Labute approximate surface area is 217 Å². The highest BCUT2D eigenvalue weighted by atomic mass is 35.5. The van der Waals surface area contributed by atoms with Crippen molar-refractivity contribution in [1.29, 1.82) is 0 Å². The first-order valence-corrected chi connectivity index (χ1v) is 13.0. The van der Waals surface area contributed by atoms with Crippen LogP contribution in [-0.4, -0.2) is 33.0 Å². The molecule has 4 N–H and O–H groups in total. The van der Waals surface area contributed by atoms with Gasteiger partial charge in [-0.2, -0.15) is 0 Å². The molecule has 1 atom stereocenters. The summed E-state index contributed by atoms with van der Waals surface area (Å²) in [5, 5.41) is 2.02. The number of nitrogen functional groups attached to an aromatic ring is 1. The quantitative estimate of drug-likeness (QED) is 0.372. The molecule has 10 heteroatoms. The Morgan fingerprint density at radius 1 is 1.03 bits per heavy atom. The van der Waals surface area contributed by atoms with Gasteiger partial charge in [0.2, 0.25) is 0 Å². The molecule has 0 amide bonds. The number of halogens is 2. The van der Waals surface area contributed by atoms with Gasteiger partial charge in [-0.25, -0.2) is 19.9 Å². The molecule has 178 valence electrons. The number of anilines is 2. The van der Waals surface area contributed by atoms with Crippen LogP contribution in [0.5, 0.6) is 0 Å². The van der Waals surface area contributed by atoms with E-state index in [0.29, 0.717) is 16.5 Å². The third kappa shape index (κ3) is 3.98. The van der Waals surface area contributed by atoms with Crippen LogP contribution in [-0.2, 0) is 6.42 Å². The number of pyridine rings is 2. The number of fused-ring (bicyclic) bond motifs is 2. The molecule has 1 unspecified atom stereocenters. The zero-order valence-corrected chi connectivity index (χ0v) is 21.1. The summed E-state index contributed by atoms with van der Waals surface area (Å²) >= 11 is 14.2. The molecule has 3 aromatic heterocycles. The predicted molar refractivity (Wildman–Crippen MR) is 141 cm³/mol. The number of aromatic nitrogens is 4. The highest BCUT2D eigenvalue weighted by Crippen LogP contribution is 2.52. The summed E-state index contributed by atoms with van der Waals surface area (Å²) in [7, 11) is 0. The summed E-state index contributed by atoms with van der Waals surface area (Å²) < 4.78 is 0. The van der Waals surface area contributed by atoms with Crippen molar-refractivity contribution in [3.05, 3.63) is 70.0 Å². The smallest absolute Gasteiger partial charge is 0.179 e. The Morgan fingerprint density at radius 2 is 1.86 bits per heavy atom. The van der Waals surface area contributed by atoms with E-state index in [9.17, 15) is 0 Å². The van der Waals surface area contributed by atoms with Gasteiger partial charge in [0.05, 0.1) is 11.2 Å². The van der Waals surface area contributed by atoms with Gasteiger partial charge in [-0.15, -0.1) is 0 Å². The Balaban J connectivity index is 1.18. The number of hydrogen-bond acceptors (Lipinski definition) is 8. The van der Waals surface area contributed by atoms with Gasteiger partial charge < -0.3 is 16.4 Å². The van der Waals surface area contributed by atoms with Gasteiger partial charge in [0, 0.05) is 35.2 Å². The average molecular weight is 524 g/mol. The van der Waals surface area contributed by atoms with Crippen LogP contribution in [0.1, 0.15) is 30.0 Å². The van der Waals surface area contributed by atoms with Crippen LogP contribution in [0.3, 0.4) is 0 Å². The third-order valence-corrected chi connectivity index (χ3v) is 9.08. The standard InChI is InChI=1S/C25H23Cl2N7S/c26-16-3-1-2-14-15(16)12-25(22(14)28)7-10-34(11-8-25)19-13-31-24-17(32-19)4-5-20(33-24)35-18-6-9-30-23(29)21(18)27/h1-6,9,13,22H,7-8,10-12,28H2,(H2,29,30). The number of benzene rings is 1. The molecule has 1 saturated heterocycles. The third-order valence-electron chi connectivity index (χ3n) is 7.22. The van der Waals surface area contributed by atoms with Crippen LogP contribution in [0.2, 0.25) is 10.0 Å². The molecule has 0 bridgehead atoms. The normalized spacial score (nSPS) is 18.8. The lowest BCUT2D eigenvalue weighted by molar-refractivity contribution is 0.187. The van der Waals surface area contributed by atoms with Gasteiger partial charge in [-0.3, -0.25) is 0 Å². The maximum absolute atomic E-state index is 6.74. The topological polar surface area (TPSA) is 107 Å². The van der Waals surface area contributed by atoms with Crippen molar-refractivity contribution in [3.63, 3.8) is 0 Å². The molecular formula is C25H23Cl2N7S. The lowest BCUT2D eigenvalue weighted by atomic mass is 9.73. The number of hydrogen-bond donors (Lipinski definition) is 2. The SMILES string of the molecule is Nc1nccc(Sc2ccc3nc(N4CCC5(CC4)Cc4c(Cl)cccc4C5N)cnc3n2)c1Cl. The summed E-state index contributed by atoms with van der Waals surface area (Å²) in [4.78, 5) is 21.2. The minimum Gasteiger partial charge on any atom is -0.382 e. The zero-order chi connectivity index (χ0) is 24.2. The summed E-state index contributed by atoms with van der Waals surface area (Å²) in [5.41, 5.74) is 16.4. The fourth-order valence-corrected chi connectivity index (χ4v) is 6.53. The van der Waals surface area contributed by atoms with Crippen LogP contribution < -0.4 is 16.4 Å². The highest BCUT2D eigenvalue weighted by molar-refractivity contribution is 7.99. The average Bonchev–Trinajstić information content (AvgIpc) is 3.14. The molecule has 35 heavy (non-hydrogen) atoms. The van der Waals surface area contributed by atoms with Gasteiger partial charge >= 0.3 is 0 Å². The maximum atomic E-state index is 6.74. The molecule has 4 aromatic rings. The monoisotopic (exact) mass is 523 g/mol. The van der Waals surface area contributed by atoms with Crippen LogP contribution >= 0.6 is 35.0 Å². The van der Waals surface area contributed by atoms with E-state index in [1.165, 1.54) is 22.9 Å². The van der Waals surface area contributed by atoms with E-state index in [1.54, 1.807) is 12.4 Å². The Kier molecular flexibility index (Phi) is 5.72. The Bertz CT molecular complexity index is 1440. The molecule has 4 heterocycles. The first-order chi connectivity index (χ1) is 16.9. The van der Waals surface area contributed by atoms with E-state index in [0.717, 1.165) is 58.6 Å². The molecule has 1 aromatic carbocycles. The molecular weight excluding hydrogens is 501 g/mol. The number of rotatable bonds is 3. The molecule has 1 aliphatic carbocycles. The lowest BCUT2D eigenvalue weighted by Crippen LogP contribution is -2.44. The van der Waals surface area contributed by atoms with E-state index in [1.807, 2.05) is 30.3 Å². The fourth-order valence-electron chi connectivity index (χ4n) is 5.23. The Morgan fingerprint density at radius 3 is 2.66 bits per heavy atom. The summed E-state index contributed by atoms with van der Waals surface area (Å²) in [6, 6.07) is 11.8. The number of nitrogens with zero attached hydrogens (tertiary/aromatic N) is 5. The van der Waals surface area contributed by atoms with E-state index < -0.39 is 0 Å². The van der Waals surface area contributed by atoms with Crippen LogP contribution in [0.15, 0.2) is 58.7 Å². The van der Waals surface area contributed by atoms with Crippen LogP contribution in [0.4, 0.5) is 11.6 Å². The molecule has 1 aliphatic heterocycles. The fraction of sp³-hybridized carbons (Fsp3) is 0.280. The predicted octanol–water partition coefficient (Wildman–Crippen LogP) is 5.30. The lowest BCUT2D eigenvalue weighted by Gasteiger charge is -2.42. The maximum Gasteiger partial charge on any atom is 0.179 e. The first-order valence-electron chi connectivity index (χ1n) is 11.4. The van der Waals surface area contributed by atoms with Crippen molar-refractivity contribution in [2.45, 2.75) is 35.2 Å². The molecule has 6 rings (SSSR count). The molecule has 1 spiro atoms. The van der Waals surface area contributed by atoms with E-state index in [4.69, 9.17) is 39.7 Å². The largest absolute Gasteiger partial charge is 0.382 e. The van der Waals surface area contributed by atoms with E-state index in [2.05, 4.69) is 25.9 Å². The van der Waals surface area contributed by atoms with Crippen molar-refractivity contribution in [2.24, 2.45) is 11.1 Å². The minimum atomic E-state index is 0.0189. The number of nitrogens with two attached hydrogens (primary N) is 2. The molecule has 0 saturated carbocycles. The molecule has 0 radical (unpaired) electrons. The Hall–Kier alpha value is -2.65. The summed E-state index contributed by atoms with van der Waals surface area (Å²) in [6.07, 6.45) is 6.35. The second kappa shape index (κ2) is 8.78. The van der Waals surface area contributed by atoms with Crippen molar-refractivity contribution in [2.75, 3.05) is 23.7 Å². The summed E-state index contributed by atoms with van der Waals surface area (Å²) in [6.45, 7) is 1.76. The van der Waals surface area contributed by atoms with Crippen molar-refractivity contribution in [1.82, 2.24) is 19.9 Å². The van der Waals surface area contributed by atoms with E-state index in [-0.39, 0.29) is 11.5 Å². The van der Waals surface area contributed by atoms with Crippen molar-refractivity contribution in [3.8, 4) is 0 Å². The van der Waals surface area contributed by atoms with Gasteiger partial charge in [0.25, 0.3) is 0 Å². The number of piperidine rings is 1. The van der Waals surface area contributed by atoms with Gasteiger partial charge in [-0.1, -0.05) is 47.1 Å². The van der Waals surface area contributed by atoms with Crippen LogP contribution in [0.25, 0.3) is 11.2 Å². The van der Waals surface area contributed by atoms with Crippen molar-refractivity contribution < 1.29 is 0 Å². The molecule has 1 fully saturated rings. The zero-order valence-electron chi connectivity index (χ0n) is 18.8. The molecule has 2 aliphatic rings. The highest BCUT2D eigenvalue weighted by Gasteiger charge is 2.46. The first kappa shape index (κ1) is 22.8.